The summed E-state index contributed by atoms with van der Waals surface area (Å²) in [6.07, 6.45) is 20.5. The lowest BCUT2D eigenvalue weighted by Crippen LogP contribution is -2.57. The fourth-order valence-electron chi connectivity index (χ4n) is 11.9. The van der Waals surface area contributed by atoms with E-state index in [1.54, 1.807) is 17.5 Å². The lowest BCUT2D eigenvalue weighted by atomic mass is 9.85. The number of aliphatic hydroxyl groups excluding tert-OH is 1. The molecule has 2 fully saturated rings. The number of rotatable bonds is 30. The molecule has 0 radical (unpaired) electrons. The molecule has 8 aromatic rings. The average molecular weight is 1270 g/mol. The molecule has 0 spiro atoms. The number of aromatic nitrogens is 7. The van der Waals surface area contributed by atoms with Crippen molar-refractivity contribution in [1.82, 2.24) is 50.5 Å². The Kier molecular flexibility index (Phi) is 21.7. The van der Waals surface area contributed by atoms with Gasteiger partial charge in [0.15, 0.2) is 0 Å². The minimum absolute atomic E-state index is 0.00864. The van der Waals surface area contributed by atoms with Crippen LogP contribution in [0.1, 0.15) is 110 Å². The van der Waals surface area contributed by atoms with Gasteiger partial charge in [-0.15, -0.1) is 16.4 Å². The smallest absolute Gasteiger partial charge is 0.246 e. The third-order valence-corrected chi connectivity index (χ3v) is 17.9. The van der Waals surface area contributed by atoms with E-state index in [4.69, 9.17) is 28.9 Å². The second-order valence-corrected chi connectivity index (χ2v) is 26.0. The first-order chi connectivity index (χ1) is 45.1. The number of fused-ring (bicyclic) bond motifs is 3. The van der Waals surface area contributed by atoms with E-state index >= 15 is 0 Å². The Hall–Kier alpha value is -8.79. The van der Waals surface area contributed by atoms with Gasteiger partial charge in [-0.3, -0.25) is 34.0 Å². The highest BCUT2D eigenvalue weighted by Crippen LogP contribution is 2.52. The van der Waals surface area contributed by atoms with Gasteiger partial charge in [0.25, 0.3) is 0 Å². The van der Waals surface area contributed by atoms with Crippen LogP contribution in [0.25, 0.3) is 62.3 Å². The Labute approximate surface area is 548 Å². The largest absolute Gasteiger partial charge is 0.493 e. The summed E-state index contributed by atoms with van der Waals surface area (Å²) < 4.78 is 25.5. The summed E-state index contributed by atoms with van der Waals surface area (Å²) >= 11 is 1.58. The van der Waals surface area contributed by atoms with Gasteiger partial charge in [0.2, 0.25) is 17.7 Å². The molecule has 3 aliphatic rings. The number of ether oxygens (including phenoxy) is 4. The molecule has 19 nitrogen and oxygen atoms in total. The molecule has 5 aromatic heterocycles. The Morgan fingerprint density at radius 1 is 0.828 bits per heavy atom. The van der Waals surface area contributed by atoms with Crippen molar-refractivity contribution in [3.05, 3.63) is 172 Å². The first-order valence-corrected chi connectivity index (χ1v) is 33.1. The van der Waals surface area contributed by atoms with Crippen LogP contribution in [0.15, 0.2) is 127 Å². The number of thiazole rings is 1. The third-order valence-electron chi connectivity index (χ3n) is 16.9. The number of aliphatic hydroxyl groups is 1. The van der Waals surface area contributed by atoms with Crippen LogP contribution in [0, 0.1) is 25.2 Å². The van der Waals surface area contributed by atoms with Crippen LogP contribution in [0.5, 0.6) is 5.75 Å². The highest BCUT2D eigenvalue weighted by Gasteiger charge is 2.44. The van der Waals surface area contributed by atoms with E-state index in [-0.39, 0.29) is 57.6 Å². The van der Waals surface area contributed by atoms with E-state index in [9.17, 15) is 19.5 Å². The van der Waals surface area contributed by atoms with Crippen molar-refractivity contribution in [2.45, 2.75) is 117 Å². The van der Waals surface area contributed by atoms with Crippen LogP contribution in [-0.4, -0.2) is 134 Å². The molecule has 11 rings (SSSR count). The second kappa shape index (κ2) is 30.8. The number of carbonyl (C=O) groups excluding carboxylic acids is 3. The number of allylic oxidation sites excluding steroid dienone is 1. The summed E-state index contributed by atoms with van der Waals surface area (Å²) in [6, 6.07) is 27.5. The summed E-state index contributed by atoms with van der Waals surface area (Å²) in [5.74, 6) is 0.995. The van der Waals surface area contributed by atoms with Crippen LogP contribution in [-0.2, 0) is 48.3 Å². The van der Waals surface area contributed by atoms with E-state index in [1.165, 1.54) is 22.4 Å². The molecule has 20 heteroatoms. The van der Waals surface area contributed by atoms with Crippen LogP contribution in [0.4, 0.5) is 5.69 Å². The number of nitrogens with zero attached hydrogens (tertiary/aromatic N) is 8. The first kappa shape index (κ1) is 65.7. The molecule has 1 aliphatic heterocycles. The number of aryl methyl sites for hydroxylation is 3. The summed E-state index contributed by atoms with van der Waals surface area (Å²) in [6.45, 7) is 15.6. The molecular weight excluding hydrogens is 1190 g/mol. The number of nitrogens with one attached hydrogen (secondary N) is 3. The van der Waals surface area contributed by atoms with E-state index in [2.05, 4.69) is 123 Å². The quantitative estimate of drug-likeness (QED) is 0.0307. The lowest BCUT2D eigenvalue weighted by molar-refractivity contribution is -0.144. The number of carbonyl (C=O) groups is 3. The zero-order chi connectivity index (χ0) is 64.8. The molecule has 93 heavy (non-hydrogen) atoms. The van der Waals surface area contributed by atoms with Crippen LogP contribution in [0.2, 0.25) is 0 Å². The lowest BCUT2D eigenvalue weighted by Gasteiger charge is -2.35. The number of benzene rings is 3. The number of anilines is 1. The predicted octanol–water partition coefficient (Wildman–Crippen LogP) is 11.5. The average Bonchev–Trinajstić information content (AvgIpc) is 1.76. The molecule has 2 aliphatic carbocycles. The number of pyridine rings is 3. The van der Waals surface area contributed by atoms with Crippen LogP contribution in [0.3, 0.4) is 0 Å². The standard InChI is InChI=1S/C73H83N11O8S/c1-7-27-92-65-37-58(20-22-62(65)56-35-54(17-11-49-14-21-61-52(34-49)18-19-53-36-63(53)61)68(77-41-56)57-33-47(2)67(76-42-57)55-10-8-24-74-40-55)75-25-9-26-83-43-59(81-82-83)45-91-32-31-90-30-29-89-28-23-66(86)80-70(73(4,5)6)72(88)84-44-60(85)38-64(84)71(87)78-39-50-12-15-51(16-13-50)69-48(3)79-46-93-69/h8,10-22,24,33-35,37,40-43,46,53,60,63-64,70,75,85H,7,9,23,25-32,36,38-39,44-45H2,1-6H3,(H,78,87)(H,80,86)/b17-11+/t53-,60+,63?,64-,70+/m0/s1. The predicted molar refractivity (Wildman–Crippen MR) is 363 cm³/mol. The number of hydrogen-bond acceptors (Lipinski definition) is 16. The molecule has 484 valence electrons. The van der Waals surface area contributed by atoms with Crippen molar-refractivity contribution in [2.75, 3.05) is 58.0 Å². The number of β-amino-alcohol motifs (C(OH)–C–C–N with tert-alkyl or cyclic N) is 1. The maximum Gasteiger partial charge on any atom is 0.246 e. The van der Waals surface area contributed by atoms with Gasteiger partial charge in [0, 0.05) is 103 Å². The van der Waals surface area contributed by atoms with Gasteiger partial charge in [0.1, 0.15) is 23.5 Å². The molecular formula is C73H83N11O8S. The molecule has 3 amide bonds. The zero-order valence-corrected chi connectivity index (χ0v) is 54.7. The van der Waals surface area contributed by atoms with E-state index in [0.29, 0.717) is 57.0 Å². The fourth-order valence-corrected chi connectivity index (χ4v) is 12.7. The molecule has 4 N–H and O–H groups in total. The number of amides is 3. The molecule has 1 unspecified atom stereocenters. The molecule has 5 atom stereocenters. The van der Waals surface area contributed by atoms with Crippen LogP contribution < -0.4 is 20.7 Å². The van der Waals surface area contributed by atoms with Crippen molar-refractivity contribution in [1.29, 1.82) is 0 Å². The molecule has 6 heterocycles. The first-order valence-electron chi connectivity index (χ1n) is 32.2. The molecule has 1 saturated carbocycles. The van der Waals surface area contributed by atoms with Gasteiger partial charge in [-0.1, -0.05) is 93.6 Å². The summed E-state index contributed by atoms with van der Waals surface area (Å²) in [5, 5.41) is 28.6. The highest BCUT2D eigenvalue weighted by atomic mass is 32.1. The summed E-state index contributed by atoms with van der Waals surface area (Å²) in [5.41, 5.74) is 17.2. The number of likely N-dealkylation sites (tertiary alicyclic amines) is 1. The van der Waals surface area contributed by atoms with E-state index in [1.807, 2.05) is 99.1 Å². The van der Waals surface area contributed by atoms with Crippen molar-refractivity contribution in [3.63, 3.8) is 0 Å². The van der Waals surface area contributed by atoms with Crippen molar-refractivity contribution < 1.29 is 38.4 Å². The Bertz CT molecular complexity index is 3940. The Balaban J connectivity index is 0.596. The van der Waals surface area contributed by atoms with Gasteiger partial charge in [-0.05, 0) is 126 Å². The zero-order valence-electron chi connectivity index (χ0n) is 53.8. The Morgan fingerprint density at radius 3 is 2.41 bits per heavy atom. The monoisotopic (exact) mass is 1270 g/mol. The van der Waals surface area contributed by atoms with Crippen LogP contribution >= 0.6 is 11.3 Å². The van der Waals surface area contributed by atoms with E-state index < -0.39 is 29.5 Å². The summed E-state index contributed by atoms with van der Waals surface area (Å²) in [4.78, 5) is 61.9. The summed E-state index contributed by atoms with van der Waals surface area (Å²) in [7, 11) is 0. The van der Waals surface area contributed by atoms with Gasteiger partial charge >= 0.3 is 0 Å². The minimum Gasteiger partial charge on any atom is -0.493 e. The third kappa shape index (κ3) is 17.1. The van der Waals surface area contributed by atoms with Gasteiger partial charge in [-0.25, -0.2) is 4.98 Å². The van der Waals surface area contributed by atoms with Gasteiger partial charge in [-0.2, -0.15) is 0 Å². The SMILES string of the molecule is CCCOc1cc(NCCCn2cc(COCCOCCOCCC(=O)N[C@H](C(=O)N3C[C@H](O)C[C@H]3C(=O)NCc3ccc(-c4scnc4C)cc3)C(C)(C)C)nn2)ccc1-c1cnc(-c2cnc(-c3cccnc3)c(C)c2)c(/C=C/c2ccc3c(c2)C=C[C@H]2CC32)c1. The normalized spacial score (nSPS) is 16.9. The van der Waals surface area contributed by atoms with Crippen molar-refractivity contribution >= 4 is 53.0 Å². The highest BCUT2D eigenvalue weighted by molar-refractivity contribution is 7.13. The van der Waals surface area contributed by atoms with Crippen molar-refractivity contribution in [2.24, 2.45) is 11.3 Å². The van der Waals surface area contributed by atoms with Gasteiger partial charge in [0.05, 0.1) is 86.0 Å². The van der Waals surface area contributed by atoms with Gasteiger partial charge < -0.3 is 44.9 Å². The molecule has 1 saturated heterocycles. The number of hydrogen-bond donors (Lipinski definition) is 4. The second-order valence-electron chi connectivity index (χ2n) is 25.2. The molecule has 0 bridgehead atoms. The maximum atomic E-state index is 14.1. The Morgan fingerprint density at radius 2 is 1.63 bits per heavy atom. The fraction of sp³-hybridized carbons (Fsp3) is 0.384. The molecule has 3 aromatic carbocycles. The topological polar surface area (TPSA) is 230 Å². The maximum absolute atomic E-state index is 14.1. The minimum atomic E-state index is -0.938. The van der Waals surface area contributed by atoms with E-state index in [0.717, 1.165) is 96.3 Å². The van der Waals surface area contributed by atoms with Crippen molar-refractivity contribution in [3.8, 4) is 49.8 Å².